The normalized spacial score (nSPS) is 13.2. The summed E-state index contributed by atoms with van der Waals surface area (Å²) >= 11 is 0. The van der Waals surface area contributed by atoms with E-state index in [4.69, 9.17) is 10.00 Å². The van der Waals surface area contributed by atoms with Crippen LogP contribution in [0, 0.1) is 18.3 Å². The number of hydrogen-bond donors (Lipinski definition) is 0. The maximum Gasteiger partial charge on any atom is 0.125 e. The van der Waals surface area contributed by atoms with Crippen LogP contribution in [-0.2, 0) is 12.8 Å². The van der Waals surface area contributed by atoms with Crippen molar-refractivity contribution in [3.63, 3.8) is 0 Å². The molecule has 0 radical (unpaired) electrons. The SMILES string of the molecule is Cc1cc(CC#N)cc2c1OCC2. The van der Waals surface area contributed by atoms with Gasteiger partial charge in [0.1, 0.15) is 5.75 Å². The first kappa shape index (κ1) is 8.12. The van der Waals surface area contributed by atoms with Crippen LogP contribution in [0.3, 0.4) is 0 Å². The highest BCUT2D eigenvalue weighted by atomic mass is 16.5. The van der Waals surface area contributed by atoms with Gasteiger partial charge in [-0.05, 0) is 23.6 Å². The molecule has 1 aliphatic rings. The van der Waals surface area contributed by atoms with Crippen molar-refractivity contribution in [2.75, 3.05) is 6.61 Å². The first-order chi connectivity index (χ1) is 6.31. The van der Waals surface area contributed by atoms with Gasteiger partial charge in [-0.15, -0.1) is 0 Å². The molecule has 0 atom stereocenters. The number of nitriles is 1. The first-order valence-electron chi connectivity index (χ1n) is 4.43. The lowest BCUT2D eigenvalue weighted by Crippen LogP contribution is -1.89. The summed E-state index contributed by atoms with van der Waals surface area (Å²) in [5, 5.41) is 8.58. The third kappa shape index (κ3) is 1.38. The zero-order valence-corrected chi connectivity index (χ0v) is 7.63. The third-order valence-electron chi connectivity index (χ3n) is 2.31. The smallest absolute Gasteiger partial charge is 0.125 e. The molecule has 2 heteroatoms. The summed E-state index contributed by atoms with van der Waals surface area (Å²) in [4.78, 5) is 0. The van der Waals surface area contributed by atoms with Crippen molar-refractivity contribution in [3.8, 4) is 11.8 Å². The number of hydrogen-bond acceptors (Lipinski definition) is 2. The summed E-state index contributed by atoms with van der Waals surface area (Å²) in [7, 11) is 0. The minimum absolute atomic E-state index is 0.494. The van der Waals surface area contributed by atoms with Gasteiger partial charge in [0.05, 0.1) is 19.1 Å². The molecule has 0 saturated heterocycles. The third-order valence-corrected chi connectivity index (χ3v) is 2.31. The summed E-state index contributed by atoms with van der Waals surface area (Å²) in [6.45, 7) is 2.82. The number of fused-ring (bicyclic) bond motifs is 1. The molecule has 66 valence electrons. The molecule has 1 aliphatic heterocycles. The highest BCUT2D eigenvalue weighted by Gasteiger charge is 2.14. The van der Waals surface area contributed by atoms with E-state index in [1.165, 1.54) is 5.56 Å². The minimum atomic E-state index is 0.494. The van der Waals surface area contributed by atoms with Crippen LogP contribution in [0.5, 0.6) is 5.75 Å². The predicted molar refractivity (Wildman–Crippen MR) is 49.7 cm³/mol. The van der Waals surface area contributed by atoms with E-state index in [1.54, 1.807) is 0 Å². The molecular formula is C11H11NO. The number of nitrogens with zero attached hydrogens (tertiary/aromatic N) is 1. The second-order valence-corrected chi connectivity index (χ2v) is 3.33. The Hall–Kier alpha value is -1.49. The molecule has 0 fully saturated rings. The van der Waals surface area contributed by atoms with Gasteiger partial charge < -0.3 is 4.74 Å². The van der Waals surface area contributed by atoms with E-state index in [1.807, 2.05) is 13.0 Å². The molecule has 0 unspecified atom stereocenters. The zero-order valence-electron chi connectivity index (χ0n) is 7.63. The molecule has 2 nitrogen and oxygen atoms in total. The van der Waals surface area contributed by atoms with Crippen molar-refractivity contribution in [1.29, 1.82) is 5.26 Å². The zero-order chi connectivity index (χ0) is 9.26. The van der Waals surface area contributed by atoms with Crippen molar-refractivity contribution >= 4 is 0 Å². The molecule has 1 aromatic carbocycles. The van der Waals surface area contributed by atoms with Crippen LogP contribution in [0.2, 0.25) is 0 Å². The van der Waals surface area contributed by atoms with E-state index in [2.05, 4.69) is 12.1 Å². The molecule has 2 rings (SSSR count). The molecule has 13 heavy (non-hydrogen) atoms. The maximum absolute atomic E-state index is 8.58. The Balaban J connectivity index is 2.44. The monoisotopic (exact) mass is 173 g/mol. The molecule has 0 aromatic heterocycles. The average Bonchev–Trinajstić information content (AvgIpc) is 2.53. The molecule has 0 amide bonds. The standard InChI is InChI=1S/C11H11NO/c1-8-6-9(2-4-12)7-10-3-5-13-11(8)10/h6-7H,2-3,5H2,1H3. The lowest BCUT2D eigenvalue weighted by atomic mass is 10.0. The second-order valence-electron chi connectivity index (χ2n) is 3.33. The van der Waals surface area contributed by atoms with Crippen LogP contribution < -0.4 is 4.74 Å². The van der Waals surface area contributed by atoms with Gasteiger partial charge in [-0.1, -0.05) is 12.1 Å². The number of ether oxygens (including phenoxy) is 1. The Morgan fingerprint density at radius 1 is 1.54 bits per heavy atom. The lowest BCUT2D eigenvalue weighted by Gasteiger charge is -2.05. The fourth-order valence-electron chi connectivity index (χ4n) is 1.78. The van der Waals surface area contributed by atoms with Crippen LogP contribution in [0.4, 0.5) is 0 Å². The van der Waals surface area contributed by atoms with Crippen LogP contribution in [0.1, 0.15) is 16.7 Å². The quantitative estimate of drug-likeness (QED) is 0.650. The number of rotatable bonds is 1. The lowest BCUT2D eigenvalue weighted by molar-refractivity contribution is 0.354. The van der Waals surface area contributed by atoms with E-state index in [-0.39, 0.29) is 0 Å². The second kappa shape index (κ2) is 3.10. The van der Waals surface area contributed by atoms with Gasteiger partial charge in [0, 0.05) is 6.42 Å². The Bertz CT molecular complexity index is 376. The van der Waals surface area contributed by atoms with E-state index in [9.17, 15) is 0 Å². The predicted octanol–water partition coefficient (Wildman–Crippen LogP) is 2.00. The summed E-state index contributed by atoms with van der Waals surface area (Å²) < 4.78 is 5.48. The molecule has 0 aliphatic carbocycles. The van der Waals surface area contributed by atoms with Crippen LogP contribution >= 0.6 is 0 Å². The van der Waals surface area contributed by atoms with E-state index in [0.717, 1.165) is 29.9 Å². The van der Waals surface area contributed by atoms with E-state index < -0.39 is 0 Å². The molecule has 0 saturated carbocycles. The van der Waals surface area contributed by atoms with Crippen LogP contribution in [-0.4, -0.2) is 6.61 Å². The highest BCUT2D eigenvalue weighted by molar-refractivity contribution is 5.46. The number of aryl methyl sites for hydroxylation is 1. The Kier molecular flexibility index (Phi) is 1.94. The van der Waals surface area contributed by atoms with Crippen LogP contribution in [0.25, 0.3) is 0 Å². The molecule has 1 aromatic rings. The molecule has 0 N–H and O–H groups in total. The molecule has 0 spiro atoms. The van der Waals surface area contributed by atoms with Crippen molar-refractivity contribution in [2.24, 2.45) is 0 Å². The molecular weight excluding hydrogens is 162 g/mol. The number of benzene rings is 1. The topological polar surface area (TPSA) is 33.0 Å². The van der Waals surface area contributed by atoms with Crippen LogP contribution in [0.15, 0.2) is 12.1 Å². The minimum Gasteiger partial charge on any atom is -0.493 e. The van der Waals surface area contributed by atoms with Crippen molar-refractivity contribution in [2.45, 2.75) is 19.8 Å². The van der Waals surface area contributed by atoms with Gasteiger partial charge in [0.25, 0.3) is 0 Å². The summed E-state index contributed by atoms with van der Waals surface area (Å²) in [5.41, 5.74) is 3.51. The van der Waals surface area contributed by atoms with Crippen molar-refractivity contribution in [3.05, 3.63) is 28.8 Å². The van der Waals surface area contributed by atoms with Gasteiger partial charge in [0.2, 0.25) is 0 Å². The van der Waals surface area contributed by atoms with Gasteiger partial charge in [-0.25, -0.2) is 0 Å². The summed E-state index contributed by atoms with van der Waals surface area (Å²) in [6, 6.07) is 6.28. The van der Waals surface area contributed by atoms with E-state index in [0.29, 0.717) is 6.42 Å². The Labute approximate surface area is 77.8 Å². The van der Waals surface area contributed by atoms with E-state index >= 15 is 0 Å². The maximum atomic E-state index is 8.58. The Morgan fingerprint density at radius 3 is 3.15 bits per heavy atom. The van der Waals surface area contributed by atoms with Gasteiger partial charge in [0.15, 0.2) is 0 Å². The van der Waals surface area contributed by atoms with Gasteiger partial charge in [-0.3, -0.25) is 0 Å². The van der Waals surface area contributed by atoms with Gasteiger partial charge in [-0.2, -0.15) is 5.26 Å². The highest BCUT2D eigenvalue weighted by Crippen LogP contribution is 2.30. The average molecular weight is 173 g/mol. The molecule has 0 bridgehead atoms. The summed E-state index contributed by atoms with van der Waals surface area (Å²) in [6.07, 6.45) is 1.48. The van der Waals surface area contributed by atoms with Gasteiger partial charge >= 0.3 is 0 Å². The fraction of sp³-hybridized carbons (Fsp3) is 0.364. The largest absolute Gasteiger partial charge is 0.493 e. The first-order valence-corrected chi connectivity index (χ1v) is 4.43. The van der Waals surface area contributed by atoms with Crippen molar-refractivity contribution < 1.29 is 4.74 Å². The van der Waals surface area contributed by atoms with Crippen molar-refractivity contribution in [1.82, 2.24) is 0 Å². The fourth-order valence-corrected chi connectivity index (χ4v) is 1.78. The summed E-state index contributed by atoms with van der Waals surface area (Å²) in [5.74, 6) is 1.03. The Morgan fingerprint density at radius 2 is 2.38 bits per heavy atom. The molecule has 1 heterocycles.